The predicted molar refractivity (Wildman–Crippen MR) is 119 cm³/mol. The first-order chi connectivity index (χ1) is 13.2. The molecule has 0 saturated heterocycles. The SMILES string of the molecule is Cc1ccc(C)c(CC2(O)CCC(Cc3ccc(Cl)cc3)CC2CN(C)C)c1. The number of rotatable bonds is 6. The first-order valence-electron chi connectivity index (χ1n) is 10.4. The van der Waals surface area contributed by atoms with Crippen LogP contribution in [0.4, 0.5) is 0 Å². The molecular formula is C25H34ClNO. The highest BCUT2D eigenvalue weighted by Crippen LogP contribution is 2.41. The van der Waals surface area contributed by atoms with Gasteiger partial charge < -0.3 is 10.0 Å². The van der Waals surface area contributed by atoms with E-state index in [0.29, 0.717) is 5.92 Å². The van der Waals surface area contributed by atoms with Crippen molar-refractivity contribution < 1.29 is 5.11 Å². The van der Waals surface area contributed by atoms with Gasteiger partial charge in [0, 0.05) is 23.9 Å². The van der Waals surface area contributed by atoms with Crippen LogP contribution in [0.5, 0.6) is 0 Å². The Kier molecular flexibility index (Phi) is 6.85. The van der Waals surface area contributed by atoms with Crippen LogP contribution >= 0.6 is 11.6 Å². The second kappa shape index (κ2) is 8.98. The van der Waals surface area contributed by atoms with E-state index in [1.165, 1.54) is 22.3 Å². The van der Waals surface area contributed by atoms with Crippen LogP contribution in [0.3, 0.4) is 0 Å². The number of hydrogen-bond acceptors (Lipinski definition) is 2. The molecule has 3 rings (SSSR count). The van der Waals surface area contributed by atoms with E-state index < -0.39 is 5.60 Å². The Morgan fingerprint density at radius 3 is 2.50 bits per heavy atom. The van der Waals surface area contributed by atoms with Crippen LogP contribution in [0.15, 0.2) is 42.5 Å². The van der Waals surface area contributed by atoms with Gasteiger partial charge in [-0.05, 0) is 88.4 Å². The molecule has 2 aromatic rings. The van der Waals surface area contributed by atoms with Crippen molar-refractivity contribution in [2.45, 2.75) is 51.6 Å². The number of aryl methyl sites for hydroxylation is 2. The smallest absolute Gasteiger partial charge is 0.0728 e. The van der Waals surface area contributed by atoms with Crippen molar-refractivity contribution in [3.05, 3.63) is 69.7 Å². The Bertz CT molecular complexity index is 786. The van der Waals surface area contributed by atoms with Crippen LogP contribution in [0, 0.1) is 25.7 Å². The van der Waals surface area contributed by atoms with Crippen molar-refractivity contribution in [2.24, 2.45) is 11.8 Å². The molecule has 3 heteroatoms. The van der Waals surface area contributed by atoms with Crippen LogP contribution in [-0.2, 0) is 12.8 Å². The highest BCUT2D eigenvalue weighted by Gasteiger charge is 2.42. The zero-order chi connectivity index (χ0) is 20.3. The highest BCUT2D eigenvalue weighted by molar-refractivity contribution is 6.30. The monoisotopic (exact) mass is 399 g/mol. The first kappa shape index (κ1) is 21.4. The van der Waals surface area contributed by atoms with Crippen molar-refractivity contribution in [3.8, 4) is 0 Å². The summed E-state index contributed by atoms with van der Waals surface area (Å²) in [6.07, 6.45) is 4.85. The molecule has 1 saturated carbocycles. The van der Waals surface area contributed by atoms with E-state index >= 15 is 0 Å². The van der Waals surface area contributed by atoms with E-state index in [0.717, 1.165) is 43.7 Å². The molecule has 1 aliphatic carbocycles. The van der Waals surface area contributed by atoms with Crippen molar-refractivity contribution in [3.63, 3.8) is 0 Å². The fourth-order valence-electron chi connectivity index (χ4n) is 4.78. The zero-order valence-corrected chi connectivity index (χ0v) is 18.5. The molecule has 1 N–H and O–H groups in total. The van der Waals surface area contributed by atoms with Crippen molar-refractivity contribution in [1.29, 1.82) is 0 Å². The Hall–Kier alpha value is -1.35. The molecule has 28 heavy (non-hydrogen) atoms. The van der Waals surface area contributed by atoms with E-state index in [9.17, 15) is 5.11 Å². The van der Waals surface area contributed by atoms with Gasteiger partial charge in [0.2, 0.25) is 0 Å². The van der Waals surface area contributed by atoms with E-state index in [2.05, 4.69) is 63.2 Å². The summed E-state index contributed by atoms with van der Waals surface area (Å²) in [5.41, 5.74) is 4.57. The molecule has 0 aliphatic heterocycles. The summed E-state index contributed by atoms with van der Waals surface area (Å²) in [5.74, 6) is 0.901. The summed E-state index contributed by atoms with van der Waals surface area (Å²) >= 11 is 6.03. The number of hydrogen-bond donors (Lipinski definition) is 1. The molecule has 3 unspecified atom stereocenters. The molecule has 0 radical (unpaired) electrons. The van der Waals surface area contributed by atoms with Crippen molar-refractivity contribution in [1.82, 2.24) is 4.90 Å². The third kappa shape index (κ3) is 5.37. The Balaban J connectivity index is 1.76. The maximum Gasteiger partial charge on any atom is 0.0728 e. The third-order valence-corrected chi connectivity index (χ3v) is 6.64. The fraction of sp³-hybridized carbons (Fsp3) is 0.520. The molecule has 0 aromatic heterocycles. The molecule has 0 amide bonds. The summed E-state index contributed by atoms with van der Waals surface area (Å²) in [4.78, 5) is 2.23. The molecular weight excluding hydrogens is 366 g/mol. The Morgan fingerprint density at radius 1 is 1.11 bits per heavy atom. The Morgan fingerprint density at radius 2 is 1.82 bits per heavy atom. The van der Waals surface area contributed by atoms with Crippen LogP contribution in [-0.4, -0.2) is 36.2 Å². The van der Waals surface area contributed by atoms with Gasteiger partial charge in [0.25, 0.3) is 0 Å². The lowest BCUT2D eigenvalue weighted by atomic mass is 9.67. The maximum absolute atomic E-state index is 11.7. The highest BCUT2D eigenvalue weighted by atomic mass is 35.5. The largest absolute Gasteiger partial charge is 0.389 e. The molecule has 1 aliphatic rings. The number of nitrogens with zero attached hydrogens (tertiary/aromatic N) is 1. The van der Waals surface area contributed by atoms with Gasteiger partial charge in [-0.15, -0.1) is 0 Å². The van der Waals surface area contributed by atoms with Gasteiger partial charge in [-0.2, -0.15) is 0 Å². The van der Waals surface area contributed by atoms with Gasteiger partial charge in [-0.25, -0.2) is 0 Å². The molecule has 152 valence electrons. The van der Waals surface area contributed by atoms with Gasteiger partial charge >= 0.3 is 0 Å². The molecule has 0 bridgehead atoms. The minimum Gasteiger partial charge on any atom is -0.389 e. The lowest BCUT2D eigenvalue weighted by molar-refractivity contribution is -0.0686. The summed E-state index contributed by atoms with van der Waals surface area (Å²) in [7, 11) is 4.22. The van der Waals surface area contributed by atoms with Gasteiger partial charge in [-0.3, -0.25) is 0 Å². The molecule has 1 fully saturated rings. The van der Waals surface area contributed by atoms with E-state index in [-0.39, 0.29) is 5.92 Å². The molecule has 2 nitrogen and oxygen atoms in total. The molecule has 2 aromatic carbocycles. The minimum absolute atomic E-state index is 0.286. The number of aliphatic hydroxyl groups is 1. The maximum atomic E-state index is 11.7. The Labute approximate surface area is 175 Å². The summed E-state index contributed by atoms with van der Waals surface area (Å²) in [6, 6.07) is 14.8. The lowest BCUT2D eigenvalue weighted by Gasteiger charge is -2.45. The zero-order valence-electron chi connectivity index (χ0n) is 17.7. The van der Waals surface area contributed by atoms with Crippen molar-refractivity contribution in [2.75, 3.05) is 20.6 Å². The van der Waals surface area contributed by atoms with E-state index in [1.807, 2.05) is 12.1 Å². The van der Waals surface area contributed by atoms with Gasteiger partial charge in [0.15, 0.2) is 0 Å². The standard InChI is InChI=1S/C25H34ClNO/c1-18-5-6-19(2)22(13-18)16-25(28)12-11-21(15-23(25)17-27(3)4)14-20-7-9-24(26)10-8-20/h5-10,13,21,23,28H,11-12,14-17H2,1-4H3. The molecule has 0 spiro atoms. The van der Waals surface area contributed by atoms with E-state index in [1.54, 1.807) is 0 Å². The topological polar surface area (TPSA) is 23.5 Å². The van der Waals surface area contributed by atoms with Crippen LogP contribution in [0.1, 0.15) is 41.5 Å². The van der Waals surface area contributed by atoms with E-state index in [4.69, 9.17) is 11.6 Å². The normalized spacial score (nSPS) is 25.2. The second-order valence-corrected chi connectivity index (χ2v) is 9.58. The van der Waals surface area contributed by atoms with Crippen LogP contribution in [0.2, 0.25) is 5.02 Å². The third-order valence-electron chi connectivity index (χ3n) is 6.39. The van der Waals surface area contributed by atoms with Crippen LogP contribution < -0.4 is 0 Å². The summed E-state index contributed by atoms with van der Waals surface area (Å²) < 4.78 is 0. The predicted octanol–water partition coefficient (Wildman–Crippen LogP) is 5.45. The lowest BCUT2D eigenvalue weighted by Crippen LogP contribution is -2.49. The molecule has 0 heterocycles. The molecule has 3 atom stereocenters. The van der Waals surface area contributed by atoms with Gasteiger partial charge in [0.1, 0.15) is 0 Å². The van der Waals surface area contributed by atoms with Crippen LogP contribution in [0.25, 0.3) is 0 Å². The van der Waals surface area contributed by atoms with Crippen molar-refractivity contribution >= 4 is 11.6 Å². The summed E-state index contributed by atoms with van der Waals surface area (Å²) in [5, 5.41) is 12.5. The first-order valence-corrected chi connectivity index (χ1v) is 10.8. The second-order valence-electron chi connectivity index (χ2n) is 9.14. The summed E-state index contributed by atoms with van der Waals surface area (Å²) in [6.45, 7) is 5.22. The van der Waals surface area contributed by atoms with Gasteiger partial charge in [0.05, 0.1) is 5.60 Å². The fourth-order valence-corrected chi connectivity index (χ4v) is 4.90. The quantitative estimate of drug-likeness (QED) is 0.697. The number of benzene rings is 2. The average Bonchev–Trinajstić information content (AvgIpc) is 2.63. The minimum atomic E-state index is -0.626. The van der Waals surface area contributed by atoms with Gasteiger partial charge in [-0.1, -0.05) is 47.5 Å². The average molecular weight is 400 g/mol. The number of halogens is 1.